The number of hydrogen-bond acceptors (Lipinski definition) is 6. The van der Waals surface area contributed by atoms with E-state index in [9.17, 15) is 9.59 Å². The third kappa shape index (κ3) is 4.18. The maximum absolute atomic E-state index is 12.6. The number of nitrogens with zero attached hydrogens (tertiary/aromatic N) is 3. The van der Waals surface area contributed by atoms with E-state index in [0.717, 1.165) is 13.0 Å². The van der Waals surface area contributed by atoms with Crippen molar-refractivity contribution in [2.45, 2.75) is 32.8 Å². The number of ketones is 1. The van der Waals surface area contributed by atoms with Crippen LogP contribution < -0.4 is 5.84 Å². The van der Waals surface area contributed by atoms with Crippen LogP contribution in [-0.4, -0.2) is 45.1 Å². The number of Topliss-reactive ketones (excluding diaryl/α,β-unsaturated/α-hetero) is 1. The van der Waals surface area contributed by atoms with E-state index in [1.807, 2.05) is 20.8 Å². The van der Waals surface area contributed by atoms with Crippen molar-refractivity contribution in [3.05, 3.63) is 30.1 Å². The highest BCUT2D eigenvalue weighted by atomic mass is 35.5. The number of benzene rings is 1. The van der Waals surface area contributed by atoms with Crippen LogP contribution in [0.2, 0.25) is 0 Å². The number of aromatic nitrogens is 2. The van der Waals surface area contributed by atoms with Crippen molar-refractivity contribution >= 4 is 35.3 Å². The minimum absolute atomic E-state index is 0. The van der Waals surface area contributed by atoms with Gasteiger partial charge in [0, 0.05) is 24.6 Å². The predicted molar refractivity (Wildman–Crippen MR) is 96.8 cm³/mol. The van der Waals surface area contributed by atoms with Crippen molar-refractivity contribution in [2.24, 2.45) is 11.8 Å². The first-order valence-corrected chi connectivity index (χ1v) is 7.99. The summed E-state index contributed by atoms with van der Waals surface area (Å²) >= 11 is 0. The average Bonchev–Trinajstić information content (AvgIpc) is 3.10. The number of fused-ring (bicyclic) bond motifs is 1. The summed E-state index contributed by atoms with van der Waals surface area (Å²) in [6.45, 7) is 6.73. The molecule has 136 valence electrons. The van der Waals surface area contributed by atoms with E-state index >= 15 is 0 Å². The second kappa shape index (κ2) is 7.11. The molecule has 0 spiro atoms. The topological polar surface area (TPSA) is 90.5 Å². The van der Waals surface area contributed by atoms with Crippen LogP contribution in [0.15, 0.2) is 24.5 Å². The molecule has 1 aromatic heterocycles. The summed E-state index contributed by atoms with van der Waals surface area (Å²) in [6, 6.07) is 5.18. The van der Waals surface area contributed by atoms with Crippen LogP contribution in [0, 0.1) is 5.92 Å². The first-order valence-electron chi connectivity index (χ1n) is 7.99. The molecule has 2 heterocycles. The zero-order valence-corrected chi connectivity index (χ0v) is 15.4. The van der Waals surface area contributed by atoms with Crippen molar-refractivity contribution in [1.29, 1.82) is 0 Å². The van der Waals surface area contributed by atoms with Gasteiger partial charge in [-0.25, -0.2) is 19.4 Å². The zero-order chi connectivity index (χ0) is 17.5. The molecule has 0 aliphatic carbocycles. The smallest absolute Gasteiger partial charge is 0.420 e. The van der Waals surface area contributed by atoms with Crippen molar-refractivity contribution in [2.75, 3.05) is 13.1 Å². The van der Waals surface area contributed by atoms with Gasteiger partial charge in [-0.15, -0.1) is 12.4 Å². The normalized spacial score (nSPS) is 18.2. The Labute approximate surface area is 152 Å². The SMILES string of the molecule is CC(C)(C)OC(=O)n1cnc2cc(C(=O)C3CCN(N)C3)ccc21.Cl. The molecule has 0 amide bonds. The van der Waals surface area contributed by atoms with E-state index in [-0.39, 0.29) is 24.1 Å². The van der Waals surface area contributed by atoms with E-state index in [4.69, 9.17) is 10.6 Å². The molecule has 1 aromatic carbocycles. The molecule has 25 heavy (non-hydrogen) atoms. The number of rotatable bonds is 2. The molecule has 8 heteroatoms. The maximum atomic E-state index is 12.6. The summed E-state index contributed by atoms with van der Waals surface area (Å²) in [7, 11) is 0. The zero-order valence-electron chi connectivity index (χ0n) is 14.6. The third-order valence-electron chi connectivity index (χ3n) is 4.01. The Kier molecular flexibility index (Phi) is 5.51. The van der Waals surface area contributed by atoms with Crippen LogP contribution in [0.25, 0.3) is 11.0 Å². The van der Waals surface area contributed by atoms with Gasteiger partial charge < -0.3 is 4.74 Å². The van der Waals surface area contributed by atoms with Gasteiger partial charge in [0.25, 0.3) is 0 Å². The highest BCUT2D eigenvalue weighted by Gasteiger charge is 2.28. The molecule has 1 aliphatic rings. The summed E-state index contributed by atoms with van der Waals surface area (Å²) < 4.78 is 6.71. The first-order chi connectivity index (χ1) is 11.2. The molecular formula is C17H23ClN4O3. The molecule has 1 aliphatic heterocycles. The van der Waals surface area contributed by atoms with Crippen LogP contribution in [0.5, 0.6) is 0 Å². The van der Waals surface area contributed by atoms with E-state index < -0.39 is 11.7 Å². The van der Waals surface area contributed by atoms with Crippen molar-refractivity contribution in [3.63, 3.8) is 0 Å². The van der Waals surface area contributed by atoms with Crippen molar-refractivity contribution in [1.82, 2.24) is 14.6 Å². The summed E-state index contributed by atoms with van der Waals surface area (Å²) in [4.78, 5) is 29.0. The number of halogens is 1. The third-order valence-corrected chi connectivity index (χ3v) is 4.01. The largest absolute Gasteiger partial charge is 0.443 e. The van der Waals surface area contributed by atoms with Gasteiger partial charge >= 0.3 is 6.09 Å². The summed E-state index contributed by atoms with van der Waals surface area (Å²) in [5, 5.41) is 1.67. The quantitative estimate of drug-likeness (QED) is 0.649. The lowest BCUT2D eigenvalue weighted by Gasteiger charge is -2.19. The summed E-state index contributed by atoms with van der Waals surface area (Å²) in [6.07, 6.45) is 1.70. The number of carbonyl (C=O) groups excluding carboxylic acids is 2. The monoisotopic (exact) mass is 366 g/mol. The molecule has 0 saturated carbocycles. The van der Waals surface area contributed by atoms with Crippen LogP contribution >= 0.6 is 12.4 Å². The van der Waals surface area contributed by atoms with Gasteiger partial charge in [-0.2, -0.15) is 0 Å². The highest BCUT2D eigenvalue weighted by Crippen LogP contribution is 2.22. The lowest BCUT2D eigenvalue weighted by atomic mass is 9.97. The van der Waals surface area contributed by atoms with Gasteiger partial charge in [0.15, 0.2) is 5.78 Å². The summed E-state index contributed by atoms with van der Waals surface area (Å²) in [5.74, 6) is 5.72. The molecule has 2 N–H and O–H groups in total. The predicted octanol–water partition coefficient (Wildman–Crippen LogP) is 2.62. The van der Waals surface area contributed by atoms with Crippen LogP contribution in [0.1, 0.15) is 37.6 Å². The number of nitrogens with two attached hydrogens (primary N) is 1. The highest BCUT2D eigenvalue weighted by molar-refractivity contribution is 6.01. The molecule has 7 nitrogen and oxygen atoms in total. The van der Waals surface area contributed by atoms with Gasteiger partial charge in [-0.1, -0.05) is 0 Å². The summed E-state index contributed by atoms with van der Waals surface area (Å²) in [5.41, 5.74) is 1.22. The number of ether oxygens (including phenoxy) is 1. The Hall–Kier alpha value is -1.96. The molecule has 1 fully saturated rings. The Morgan fingerprint density at radius 1 is 1.32 bits per heavy atom. The standard InChI is InChI=1S/C17H22N4O3.ClH/c1-17(2,3)24-16(23)21-10-19-13-8-11(4-5-14(13)21)15(22)12-6-7-20(18)9-12;/h4-5,8,10,12H,6-7,9,18H2,1-3H3;1H. The second-order valence-corrected chi connectivity index (χ2v) is 7.14. The van der Waals surface area contributed by atoms with Crippen molar-refractivity contribution < 1.29 is 14.3 Å². The van der Waals surface area contributed by atoms with E-state index in [1.165, 1.54) is 10.9 Å². The fourth-order valence-electron chi connectivity index (χ4n) is 2.86. The Morgan fingerprint density at radius 3 is 2.64 bits per heavy atom. The molecule has 3 rings (SSSR count). The average molecular weight is 367 g/mol. The minimum atomic E-state index is -0.583. The Bertz CT molecular complexity index is 797. The second-order valence-electron chi connectivity index (χ2n) is 7.14. The molecular weight excluding hydrogens is 344 g/mol. The van der Waals surface area contributed by atoms with Gasteiger partial charge in [-0.05, 0) is 45.4 Å². The van der Waals surface area contributed by atoms with E-state index in [2.05, 4.69) is 4.98 Å². The molecule has 2 aromatic rings. The van der Waals surface area contributed by atoms with Crippen LogP contribution in [0.3, 0.4) is 0 Å². The molecule has 1 atom stereocenters. The van der Waals surface area contributed by atoms with Gasteiger partial charge in [-0.3, -0.25) is 10.6 Å². The lowest BCUT2D eigenvalue weighted by Crippen LogP contribution is -2.29. The number of hydrogen-bond donors (Lipinski definition) is 1. The lowest BCUT2D eigenvalue weighted by molar-refractivity contribution is 0.0543. The fourth-order valence-corrected chi connectivity index (χ4v) is 2.86. The minimum Gasteiger partial charge on any atom is -0.443 e. The van der Waals surface area contributed by atoms with Crippen LogP contribution in [-0.2, 0) is 4.74 Å². The van der Waals surface area contributed by atoms with Gasteiger partial charge in [0.2, 0.25) is 0 Å². The molecule has 1 unspecified atom stereocenters. The van der Waals surface area contributed by atoms with Gasteiger partial charge in [0.05, 0.1) is 11.0 Å². The molecule has 0 radical (unpaired) electrons. The first kappa shape index (κ1) is 19.4. The van der Waals surface area contributed by atoms with Gasteiger partial charge in [0.1, 0.15) is 11.9 Å². The molecule has 0 bridgehead atoms. The maximum Gasteiger partial charge on any atom is 0.420 e. The molecule has 1 saturated heterocycles. The number of imidazole rings is 1. The van der Waals surface area contributed by atoms with E-state index in [1.54, 1.807) is 23.2 Å². The number of hydrazine groups is 1. The fraction of sp³-hybridized carbons (Fsp3) is 0.471. The number of carbonyl (C=O) groups is 2. The Morgan fingerprint density at radius 2 is 2.04 bits per heavy atom. The Balaban J connectivity index is 0.00000225. The van der Waals surface area contributed by atoms with E-state index in [0.29, 0.717) is 23.1 Å². The van der Waals surface area contributed by atoms with Crippen molar-refractivity contribution in [3.8, 4) is 0 Å². The van der Waals surface area contributed by atoms with Crippen LogP contribution in [0.4, 0.5) is 4.79 Å².